The third-order valence-electron chi connectivity index (χ3n) is 3.57. The second-order valence-electron chi connectivity index (χ2n) is 5.69. The first-order chi connectivity index (χ1) is 13.5. The number of anilines is 5. The lowest BCUT2D eigenvalue weighted by atomic mass is 10.2. The summed E-state index contributed by atoms with van der Waals surface area (Å²) in [5, 5.41) is 5.75. The maximum Gasteiger partial charge on any atom is 0.271 e. The molecule has 142 valence electrons. The number of carbonyl (C=O) groups excluding carboxylic acids is 2. The van der Waals surface area contributed by atoms with Gasteiger partial charge in [0.1, 0.15) is 12.0 Å². The van der Waals surface area contributed by atoms with Crippen LogP contribution in [0.2, 0.25) is 0 Å². The Morgan fingerprint density at radius 3 is 2.39 bits per heavy atom. The molecule has 10 nitrogen and oxygen atoms in total. The van der Waals surface area contributed by atoms with Crippen LogP contribution in [-0.2, 0) is 4.79 Å². The number of hydrogen-bond acceptors (Lipinski definition) is 8. The first-order valence-corrected chi connectivity index (χ1v) is 8.24. The third kappa shape index (κ3) is 4.69. The van der Waals surface area contributed by atoms with Crippen LogP contribution < -0.4 is 27.2 Å². The normalized spacial score (nSPS) is 10.0. The predicted molar refractivity (Wildman–Crippen MR) is 106 cm³/mol. The molecule has 0 aliphatic carbocycles. The number of nitrogen functional groups attached to an aromatic ring is 1. The summed E-state index contributed by atoms with van der Waals surface area (Å²) in [5.74, 6) is 0.0731. The smallest absolute Gasteiger partial charge is 0.271 e. The van der Waals surface area contributed by atoms with Crippen molar-refractivity contribution in [2.75, 3.05) is 21.8 Å². The van der Waals surface area contributed by atoms with Crippen molar-refractivity contribution in [2.45, 2.75) is 6.92 Å². The minimum atomic E-state index is -0.380. The molecule has 2 aromatic heterocycles. The van der Waals surface area contributed by atoms with E-state index in [9.17, 15) is 9.59 Å². The Hall–Kier alpha value is -4.21. The topological polar surface area (TPSA) is 147 Å². The maximum atomic E-state index is 12.1. The monoisotopic (exact) mass is 378 g/mol. The fourth-order valence-corrected chi connectivity index (χ4v) is 2.26. The van der Waals surface area contributed by atoms with Crippen LogP contribution in [0.4, 0.5) is 28.7 Å². The molecular formula is C18H18N8O2. The summed E-state index contributed by atoms with van der Waals surface area (Å²) in [4.78, 5) is 35.2. The molecule has 0 atom stereocenters. The molecule has 0 bridgehead atoms. The number of carbonyl (C=O) groups is 2. The highest BCUT2D eigenvalue weighted by atomic mass is 16.2. The van der Waals surface area contributed by atoms with Gasteiger partial charge in [0.05, 0.1) is 5.56 Å². The highest BCUT2D eigenvalue weighted by Crippen LogP contribution is 2.26. The van der Waals surface area contributed by atoms with Gasteiger partial charge in [-0.25, -0.2) is 9.97 Å². The number of aromatic nitrogens is 3. The van der Waals surface area contributed by atoms with E-state index in [2.05, 4.69) is 36.4 Å². The van der Waals surface area contributed by atoms with Crippen molar-refractivity contribution < 1.29 is 9.59 Å². The lowest BCUT2D eigenvalue weighted by molar-refractivity contribution is -0.114. The number of nitrogens with two attached hydrogens (primary N) is 1. The standard InChI is InChI=1S/C18H18N8O2/c1-11(27)23-13-4-6-14(7-5-13)24-16-15(19)17(22-10-21-16)25-26-18(28)12-3-2-8-20-9-12/h2-10H,19H2,1H3,(H,23,27)(H,26,28)(H2,21,22,24,25). The molecule has 28 heavy (non-hydrogen) atoms. The molecular weight excluding hydrogens is 360 g/mol. The minimum absolute atomic E-state index is 0.148. The zero-order valence-corrected chi connectivity index (χ0v) is 14.9. The highest BCUT2D eigenvalue weighted by Gasteiger charge is 2.10. The maximum absolute atomic E-state index is 12.1. The molecule has 0 saturated heterocycles. The average Bonchev–Trinajstić information content (AvgIpc) is 2.70. The number of nitrogens with one attached hydrogen (secondary N) is 4. The molecule has 3 rings (SSSR count). The first kappa shape index (κ1) is 18.6. The molecule has 2 amide bonds. The van der Waals surface area contributed by atoms with Crippen LogP contribution in [0.25, 0.3) is 0 Å². The van der Waals surface area contributed by atoms with E-state index in [0.717, 1.165) is 0 Å². The number of benzene rings is 1. The minimum Gasteiger partial charge on any atom is -0.393 e. The predicted octanol–water partition coefficient (Wildman–Crippen LogP) is 1.91. The van der Waals surface area contributed by atoms with Gasteiger partial charge in [0, 0.05) is 30.7 Å². The first-order valence-electron chi connectivity index (χ1n) is 8.24. The average molecular weight is 378 g/mol. The number of hydrogen-bond donors (Lipinski definition) is 5. The number of pyridine rings is 1. The van der Waals surface area contributed by atoms with Gasteiger partial charge in [0.15, 0.2) is 11.6 Å². The van der Waals surface area contributed by atoms with Gasteiger partial charge in [-0.3, -0.25) is 25.4 Å². The Morgan fingerprint density at radius 1 is 1.00 bits per heavy atom. The fraction of sp³-hybridized carbons (Fsp3) is 0.0556. The number of amides is 2. The zero-order valence-electron chi connectivity index (χ0n) is 14.9. The lowest BCUT2D eigenvalue weighted by Crippen LogP contribution is -2.30. The van der Waals surface area contributed by atoms with Crippen LogP contribution in [0, 0.1) is 0 Å². The van der Waals surface area contributed by atoms with Gasteiger partial charge >= 0.3 is 0 Å². The summed E-state index contributed by atoms with van der Waals surface area (Å²) in [6.45, 7) is 1.44. The number of nitrogens with zero attached hydrogens (tertiary/aromatic N) is 3. The molecule has 0 radical (unpaired) electrons. The van der Waals surface area contributed by atoms with Crippen LogP contribution in [0.15, 0.2) is 55.1 Å². The molecule has 10 heteroatoms. The van der Waals surface area contributed by atoms with Crippen LogP contribution in [-0.4, -0.2) is 26.8 Å². The summed E-state index contributed by atoms with van der Waals surface area (Å²) in [5.41, 5.74) is 13.3. The summed E-state index contributed by atoms with van der Waals surface area (Å²) in [7, 11) is 0. The van der Waals surface area contributed by atoms with Crippen molar-refractivity contribution >= 4 is 40.5 Å². The second kappa shape index (κ2) is 8.45. The fourth-order valence-electron chi connectivity index (χ4n) is 2.26. The molecule has 2 heterocycles. The molecule has 0 saturated carbocycles. The third-order valence-corrected chi connectivity index (χ3v) is 3.57. The Morgan fingerprint density at radius 2 is 1.71 bits per heavy atom. The quantitative estimate of drug-likeness (QED) is 0.409. The number of rotatable bonds is 6. The van der Waals surface area contributed by atoms with E-state index in [1.807, 2.05) is 0 Å². The molecule has 1 aromatic carbocycles. The Balaban J connectivity index is 1.67. The van der Waals surface area contributed by atoms with Gasteiger partial charge in [-0.15, -0.1) is 0 Å². The summed E-state index contributed by atoms with van der Waals surface area (Å²) in [6, 6.07) is 10.3. The molecule has 0 unspecified atom stereocenters. The van der Waals surface area contributed by atoms with Gasteiger partial charge in [-0.2, -0.15) is 0 Å². The van der Waals surface area contributed by atoms with Crippen molar-refractivity contribution in [1.82, 2.24) is 20.4 Å². The van der Waals surface area contributed by atoms with Gasteiger partial charge in [0.2, 0.25) is 5.91 Å². The van der Waals surface area contributed by atoms with Crippen molar-refractivity contribution in [3.05, 3.63) is 60.7 Å². The Bertz CT molecular complexity index is 977. The van der Waals surface area contributed by atoms with E-state index in [1.54, 1.807) is 42.6 Å². The molecule has 0 aliphatic heterocycles. The van der Waals surface area contributed by atoms with Crippen molar-refractivity contribution in [1.29, 1.82) is 0 Å². The molecule has 0 spiro atoms. The van der Waals surface area contributed by atoms with E-state index in [4.69, 9.17) is 5.73 Å². The Kier molecular flexibility index (Phi) is 5.60. The van der Waals surface area contributed by atoms with Crippen LogP contribution >= 0.6 is 0 Å². The molecule has 3 aromatic rings. The van der Waals surface area contributed by atoms with E-state index >= 15 is 0 Å². The van der Waals surface area contributed by atoms with Crippen LogP contribution in [0.1, 0.15) is 17.3 Å². The number of hydrazine groups is 1. The highest BCUT2D eigenvalue weighted by molar-refractivity contribution is 5.95. The van der Waals surface area contributed by atoms with Gasteiger partial charge in [-0.1, -0.05) is 0 Å². The Labute approximate surface area is 160 Å². The van der Waals surface area contributed by atoms with Gasteiger partial charge in [-0.05, 0) is 36.4 Å². The van der Waals surface area contributed by atoms with Gasteiger partial charge < -0.3 is 16.4 Å². The SMILES string of the molecule is CC(=O)Nc1ccc(Nc2ncnc(NNC(=O)c3cccnc3)c2N)cc1. The van der Waals surface area contributed by atoms with E-state index in [0.29, 0.717) is 22.8 Å². The molecule has 0 aliphatic rings. The van der Waals surface area contributed by atoms with Gasteiger partial charge in [0.25, 0.3) is 5.91 Å². The summed E-state index contributed by atoms with van der Waals surface area (Å²) >= 11 is 0. The van der Waals surface area contributed by atoms with Crippen LogP contribution in [0.3, 0.4) is 0 Å². The second-order valence-corrected chi connectivity index (χ2v) is 5.69. The van der Waals surface area contributed by atoms with E-state index in [-0.39, 0.29) is 23.3 Å². The molecule has 6 N–H and O–H groups in total. The van der Waals surface area contributed by atoms with E-state index < -0.39 is 0 Å². The van der Waals surface area contributed by atoms with Crippen molar-refractivity contribution in [3.63, 3.8) is 0 Å². The molecule has 0 fully saturated rings. The van der Waals surface area contributed by atoms with Crippen molar-refractivity contribution in [3.8, 4) is 0 Å². The van der Waals surface area contributed by atoms with Crippen molar-refractivity contribution in [2.24, 2.45) is 0 Å². The summed E-state index contributed by atoms with van der Waals surface area (Å²) < 4.78 is 0. The largest absolute Gasteiger partial charge is 0.393 e. The zero-order chi connectivity index (χ0) is 19.9. The van der Waals surface area contributed by atoms with E-state index in [1.165, 1.54) is 19.4 Å². The summed E-state index contributed by atoms with van der Waals surface area (Å²) in [6.07, 6.45) is 4.33. The lowest BCUT2D eigenvalue weighted by Gasteiger charge is -2.13. The van der Waals surface area contributed by atoms with Crippen LogP contribution in [0.5, 0.6) is 0 Å².